The second kappa shape index (κ2) is 13.4. The fraction of sp³-hybridized carbons (Fsp3) is 0.0227. The molecule has 3 aromatic heterocycles. The molecular weight excluding hydrogens is 615 g/mol. The van der Waals surface area contributed by atoms with Gasteiger partial charge in [0.2, 0.25) is 0 Å². The molecule has 8 rings (SSSR count). The van der Waals surface area contributed by atoms with Gasteiger partial charge in [-0.05, 0) is 36.3 Å². The van der Waals surface area contributed by atoms with Gasteiger partial charge < -0.3 is 4.42 Å². The number of aromatic nitrogens is 5. The molecule has 0 N–H and O–H groups in total. The number of allylic oxidation sites excluding steroid dienone is 5. The average Bonchev–Trinajstić information content (AvgIpc) is 3.57. The molecule has 6 heteroatoms. The first-order valence-electron chi connectivity index (χ1n) is 16.4. The van der Waals surface area contributed by atoms with Gasteiger partial charge in [0.1, 0.15) is 16.8 Å². The number of hydrogen-bond acceptors (Lipinski definition) is 6. The lowest BCUT2D eigenvalue weighted by Crippen LogP contribution is -2.00. The van der Waals surface area contributed by atoms with E-state index in [1.54, 1.807) is 0 Å². The van der Waals surface area contributed by atoms with E-state index in [1.165, 1.54) is 0 Å². The zero-order valence-corrected chi connectivity index (χ0v) is 27.4. The largest absolute Gasteiger partial charge is 0.452 e. The highest BCUT2D eigenvalue weighted by Gasteiger charge is 2.18. The van der Waals surface area contributed by atoms with Crippen LogP contribution >= 0.6 is 0 Å². The Bertz CT molecular complexity index is 2500. The maximum atomic E-state index is 6.24. The molecule has 0 aliphatic heterocycles. The highest BCUT2D eigenvalue weighted by Crippen LogP contribution is 2.34. The molecule has 6 nitrogen and oxygen atoms in total. The molecule has 0 radical (unpaired) electrons. The van der Waals surface area contributed by atoms with E-state index in [-0.39, 0.29) is 0 Å². The van der Waals surface area contributed by atoms with E-state index in [1.807, 2.05) is 140 Å². The van der Waals surface area contributed by atoms with E-state index in [0.29, 0.717) is 34.5 Å². The number of nitrogens with zero attached hydrogens (tertiary/aromatic N) is 5. The second-order valence-electron chi connectivity index (χ2n) is 11.9. The first kappa shape index (κ1) is 30.5. The Kier molecular flexibility index (Phi) is 8.17. The van der Waals surface area contributed by atoms with Crippen molar-refractivity contribution in [2.75, 3.05) is 0 Å². The van der Waals surface area contributed by atoms with Crippen LogP contribution in [-0.2, 0) is 0 Å². The van der Waals surface area contributed by atoms with Crippen LogP contribution in [0.1, 0.15) is 18.3 Å². The minimum absolute atomic E-state index is 0.547. The van der Waals surface area contributed by atoms with E-state index in [9.17, 15) is 0 Å². The first-order chi connectivity index (χ1) is 24.6. The van der Waals surface area contributed by atoms with Crippen LogP contribution in [0.5, 0.6) is 0 Å². The molecule has 3 heterocycles. The highest BCUT2D eigenvalue weighted by atomic mass is 16.3. The molecule has 0 aliphatic rings. The van der Waals surface area contributed by atoms with E-state index in [4.69, 9.17) is 29.3 Å². The topological polar surface area (TPSA) is 77.6 Å². The van der Waals surface area contributed by atoms with E-state index in [0.717, 1.165) is 55.6 Å². The van der Waals surface area contributed by atoms with Crippen molar-refractivity contribution in [2.24, 2.45) is 0 Å². The number of furan rings is 1. The summed E-state index contributed by atoms with van der Waals surface area (Å²) in [6, 6.07) is 46.2. The fourth-order valence-electron chi connectivity index (χ4n) is 5.85. The van der Waals surface area contributed by atoms with Crippen LogP contribution in [0.15, 0.2) is 169 Å². The van der Waals surface area contributed by atoms with Gasteiger partial charge in [0.15, 0.2) is 28.9 Å². The van der Waals surface area contributed by atoms with Crippen molar-refractivity contribution in [1.82, 2.24) is 24.9 Å². The smallest absolute Gasteiger partial charge is 0.180 e. The Labute approximate surface area is 289 Å². The van der Waals surface area contributed by atoms with Crippen molar-refractivity contribution >= 4 is 33.2 Å². The van der Waals surface area contributed by atoms with E-state index >= 15 is 0 Å². The third-order valence-electron chi connectivity index (χ3n) is 8.47. The number of para-hydroxylation sites is 1. The Hall–Kier alpha value is -6.79. The van der Waals surface area contributed by atoms with Gasteiger partial charge in [0.05, 0.1) is 0 Å². The Balaban J connectivity index is 1.11. The summed E-state index contributed by atoms with van der Waals surface area (Å²) in [6.07, 6.45) is 5.99. The minimum atomic E-state index is 0.547. The molecular formula is C44H31N5O. The summed E-state index contributed by atoms with van der Waals surface area (Å²) in [4.78, 5) is 24.5. The summed E-state index contributed by atoms with van der Waals surface area (Å²) in [7, 11) is 0. The van der Waals surface area contributed by atoms with Crippen LogP contribution in [0.4, 0.5) is 0 Å². The van der Waals surface area contributed by atoms with Gasteiger partial charge in [-0.15, -0.1) is 0 Å². The number of hydrogen-bond donors (Lipinski definition) is 0. The molecule has 0 saturated heterocycles. The SMILES string of the molecule is C=C(/C=C\C=C(/C)c1cccc(-c2nc(-c3ccccc3)nc(-c3ccccc3)n2)c1)c1nc(-c2ccccc2)c2oc3ccccc3c2n1. The zero-order valence-electron chi connectivity index (χ0n) is 27.4. The normalized spacial score (nSPS) is 11.8. The summed E-state index contributed by atoms with van der Waals surface area (Å²) in [5.41, 5.74) is 9.50. The predicted octanol–water partition coefficient (Wildman–Crippen LogP) is 10.9. The maximum absolute atomic E-state index is 6.24. The molecule has 0 saturated carbocycles. The Morgan fingerprint density at radius 1 is 0.580 bits per heavy atom. The average molecular weight is 646 g/mol. The quantitative estimate of drug-likeness (QED) is 0.153. The molecule has 0 unspecified atom stereocenters. The summed E-state index contributed by atoms with van der Waals surface area (Å²) in [5.74, 6) is 2.43. The number of benzene rings is 5. The molecule has 238 valence electrons. The van der Waals surface area contributed by atoms with Crippen molar-refractivity contribution < 1.29 is 4.42 Å². The third-order valence-corrected chi connectivity index (χ3v) is 8.47. The molecule has 50 heavy (non-hydrogen) atoms. The van der Waals surface area contributed by atoms with E-state index in [2.05, 4.69) is 31.7 Å². The predicted molar refractivity (Wildman–Crippen MR) is 203 cm³/mol. The molecule has 5 aromatic carbocycles. The first-order valence-corrected chi connectivity index (χ1v) is 16.4. The van der Waals surface area contributed by atoms with Crippen LogP contribution in [-0.4, -0.2) is 24.9 Å². The van der Waals surface area contributed by atoms with Crippen LogP contribution in [0, 0.1) is 0 Å². The van der Waals surface area contributed by atoms with Crippen LogP contribution in [0.3, 0.4) is 0 Å². The third kappa shape index (κ3) is 6.14. The van der Waals surface area contributed by atoms with Gasteiger partial charge in [0.25, 0.3) is 0 Å². The van der Waals surface area contributed by atoms with Gasteiger partial charge in [-0.3, -0.25) is 0 Å². The lowest BCUT2D eigenvalue weighted by molar-refractivity contribution is 0.667. The van der Waals surface area contributed by atoms with Gasteiger partial charge in [-0.1, -0.05) is 146 Å². The summed E-state index contributed by atoms with van der Waals surface area (Å²) in [5, 5.41) is 0.945. The van der Waals surface area contributed by atoms with Gasteiger partial charge in [-0.25, -0.2) is 24.9 Å². The van der Waals surface area contributed by atoms with Crippen LogP contribution in [0.2, 0.25) is 0 Å². The lowest BCUT2D eigenvalue weighted by Gasteiger charge is -2.09. The second-order valence-corrected chi connectivity index (χ2v) is 11.9. The molecule has 0 bridgehead atoms. The maximum Gasteiger partial charge on any atom is 0.180 e. The molecule has 0 aliphatic carbocycles. The van der Waals surface area contributed by atoms with Crippen LogP contribution in [0.25, 0.3) is 78.6 Å². The molecule has 0 amide bonds. The Morgan fingerprint density at radius 3 is 1.80 bits per heavy atom. The van der Waals surface area contributed by atoms with Gasteiger partial charge >= 0.3 is 0 Å². The summed E-state index contributed by atoms with van der Waals surface area (Å²) in [6.45, 7) is 6.41. The standard InChI is InChI=1S/C44H31N5O/c1-29(16-14-17-30(2)41-45-38(31-18-6-3-7-19-31)40-39(46-41)36-26-12-13-27-37(36)50-40)34-24-15-25-35(28-34)44-48-42(32-20-8-4-9-21-32)47-43(49-44)33-22-10-5-11-23-33/h3-28H,2H2,1H3/b17-14-,29-16+. The highest BCUT2D eigenvalue weighted by molar-refractivity contribution is 6.06. The van der Waals surface area contributed by atoms with Crippen molar-refractivity contribution in [1.29, 1.82) is 0 Å². The number of rotatable bonds is 8. The molecule has 0 atom stereocenters. The molecule has 0 fully saturated rings. The molecule has 8 aromatic rings. The monoisotopic (exact) mass is 645 g/mol. The van der Waals surface area contributed by atoms with Crippen molar-refractivity contribution in [3.8, 4) is 45.4 Å². The summed E-state index contributed by atoms with van der Waals surface area (Å²) < 4.78 is 6.24. The van der Waals surface area contributed by atoms with Gasteiger partial charge in [-0.2, -0.15) is 0 Å². The molecule has 0 spiro atoms. The van der Waals surface area contributed by atoms with Gasteiger partial charge in [0, 0.05) is 33.2 Å². The summed E-state index contributed by atoms with van der Waals surface area (Å²) >= 11 is 0. The minimum Gasteiger partial charge on any atom is -0.452 e. The number of fused-ring (bicyclic) bond motifs is 3. The van der Waals surface area contributed by atoms with Crippen molar-refractivity contribution in [3.05, 3.63) is 176 Å². The van der Waals surface area contributed by atoms with E-state index < -0.39 is 0 Å². The Morgan fingerprint density at radius 2 is 1.14 bits per heavy atom. The zero-order chi connectivity index (χ0) is 33.9. The van der Waals surface area contributed by atoms with Crippen LogP contribution < -0.4 is 0 Å². The fourth-order valence-corrected chi connectivity index (χ4v) is 5.85. The van der Waals surface area contributed by atoms with Crippen molar-refractivity contribution in [2.45, 2.75) is 6.92 Å². The lowest BCUT2D eigenvalue weighted by atomic mass is 10.0. The van der Waals surface area contributed by atoms with Crippen molar-refractivity contribution in [3.63, 3.8) is 0 Å².